The molecule has 0 amide bonds. The van der Waals surface area contributed by atoms with Crippen LogP contribution in [-0.2, 0) is 12.8 Å². The van der Waals surface area contributed by atoms with Gasteiger partial charge in [-0.3, -0.25) is 4.98 Å². The highest BCUT2D eigenvalue weighted by atomic mass is 35.5. The molecule has 0 saturated carbocycles. The molecule has 0 bridgehead atoms. The number of pyridine rings is 2. The van der Waals surface area contributed by atoms with Crippen molar-refractivity contribution in [2.45, 2.75) is 12.8 Å². The predicted molar refractivity (Wildman–Crippen MR) is 172 cm³/mol. The fourth-order valence-electron chi connectivity index (χ4n) is 5.37. The molecule has 0 unspecified atom stereocenters. The van der Waals surface area contributed by atoms with Gasteiger partial charge in [0.05, 0.1) is 17.1 Å². The van der Waals surface area contributed by atoms with Crippen molar-refractivity contribution >= 4 is 24.2 Å². The summed E-state index contributed by atoms with van der Waals surface area (Å²) in [5, 5.41) is 17.7. The number of rotatable bonds is 2. The lowest BCUT2D eigenvalue weighted by atomic mass is 9.81. The van der Waals surface area contributed by atoms with Gasteiger partial charge in [0.1, 0.15) is 5.15 Å². The lowest BCUT2D eigenvalue weighted by molar-refractivity contribution is 0.426. The number of nitrogens with zero attached hydrogens (tertiary/aromatic N) is 2. The van der Waals surface area contributed by atoms with E-state index in [2.05, 4.69) is 96.0 Å². The molecule has 2 aliphatic carbocycles. The first kappa shape index (κ1) is 27.6. The Bertz CT molecular complexity index is 1830. The van der Waals surface area contributed by atoms with Gasteiger partial charge in [-0.25, -0.2) is 4.98 Å². The smallest absolute Gasteiger partial charge is 0.423 e. The van der Waals surface area contributed by atoms with Crippen LogP contribution in [0, 0.1) is 0 Å². The number of hydrogen-bond acceptors (Lipinski definition) is 4. The van der Waals surface area contributed by atoms with Gasteiger partial charge in [-0.1, -0.05) is 127 Å². The van der Waals surface area contributed by atoms with Crippen LogP contribution in [0.2, 0.25) is 5.15 Å². The van der Waals surface area contributed by atoms with Crippen molar-refractivity contribution in [1.82, 2.24) is 9.97 Å². The van der Waals surface area contributed by atoms with Gasteiger partial charge < -0.3 is 10.0 Å². The minimum Gasteiger partial charge on any atom is -0.423 e. The van der Waals surface area contributed by atoms with E-state index in [-0.39, 0.29) is 0 Å². The van der Waals surface area contributed by atoms with Crippen molar-refractivity contribution in [2.24, 2.45) is 0 Å². The Balaban J connectivity index is 0.000000121. The van der Waals surface area contributed by atoms with Crippen LogP contribution in [0.25, 0.3) is 33.5 Å². The molecular formula is C36H28BClN2O2. The molecule has 2 aliphatic rings. The zero-order chi connectivity index (χ0) is 28.9. The van der Waals surface area contributed by atoms with E-state index in [9.17, 15) is 0 Å². The van der Waals surface area contributed by atoms with Gasteiger partial charge >= 0.3 is 7.12 Å². The molecule has 2 N–H and O–H groups in total. The molecule has 6 heteroatoms. The first-order valence-corrected chi connectivity index (χ1v) is 14.2. The fourth-order valence-corrected chi connectivity index (χ4v) is 5.53. The molecule has 8 rings (SSSR count). The van der Waals surface area contributed by atoms with Gasteiger partial charge in [0.15, 0.2) is 0 Å². The minimum absolute atomic E-state index is 0.525. The fraction of sp³-hybridized carbons (Fsp3) is 0.0556. The molecule has 2 aromatic heterocycles. The highest BCUT2D eigenvalue weighted by molar-refractivity contribution is 6.58. The van der Waals surface area contributed by atoms with Crippen LogP contribution in [-0.4, -0.2) is 27.1 Å². The monoisotopic (exact) mass is 566 g/mol. The van der Waals surface area contributed by atoms with Gasteiger partial charge in [0.2, 0.25) is 0 Å². The molecule has 204 valence electrons. The molecule has 0 atom stereocenters. The minimum atomic E-state index is -1.34. The summed E-state index contributed by atoms with van der Waals surface area (Å²) in [4.78, 5) is 9.17. The van der Waals surface area contributed by atoms with Crippen molar-refractivity contribution in [1.29, 1.82) is 0 Å². The van der Waals surface area contributed by atoms with Crippen molar-refractivity contribution < 1.29 is 10.0 Å². The Morgan fingerprint density at radius 2 is 1.00 bits per heavy atom. The second-order valence-corrected chi connectivity index (χ2v) is 10.5. The number of fused-ring (bicyclic) bond motifs is 6. The summed E-state index contributed by atoms with van der Waals surface area (Å²) >= 11 is 5.86. The van der Waals surface area contributed by atoms with Crippen LogP contribution < -0.4 is 5.46 Å². The number of aromatic nitrogens is 2. The maximum atomic E-state index is 8.58. The molecular weight excluding hydrogens is 539 g/mol. The lowest BCUT2D eigenvalue weighted by Crippen LogP contribution is -2.29. The van der Waals surface area contributed by atoms with E-state index >= 15 is 0 Å². The molecule has 2 heterocycles. The number of halogens is 1. The highest BCUT2D eigenvalue weighted by Gasteiger charge is 2.20. The van der Waals surface area contributed by atoms with Gasteiger partial charge in [0, 0.05) is 29.5 Å². The summed E-state index contributed by atoms with van der Waals surface area (Å²) in [5.74, 6) is 0. The lowest BCUT2D eigenvalue weighted by Gasteiger charge is -2.04. The molecule has 0 spiro atoms. The van der Waals surface area contributed by atoms with E-state index in [1.807, 2.05) is 18.2 Å². The summed E-state index contributed by atoms with van der Waals surface area (Å²) < 4.78 is 0. The second kappa shape index (κ2) is 12.5. The van der Waals surface area contributed by atoms with Crippen molar-refractivity contribution in [3.05, 3.63) is 161 Å². The highest BCUT2D eigenvalue weighted by Crippen LogP contribution is 2.37. The zero-order valence-corrected chi connectivity index (χ0v) is 23.6. The van der Waals surface area contributed by atoms with Crippen LogP contribution in [0.4, 0.5) is 0 Å². The van der Waals surface area contributed by atoms with E-state index in [0.717, 1.165) is 24.2 Å². The summed E-state index contributed by atoms with van der Waals surface area (Å²) in [6.07, 6.45) is 1.86. The van der Waals surface area contributed by atoms with Gasteiger partial charge in [-0.05, 0) is 45.9 Å². The van der Waals surface area contributed by atoms with Crippen LogP contribution in [0.1, 0.15) is 22.5 Å². The van der Waals surface area contributed by atoms with Crippen LogP contribution in [0.3, 0.4) is 0 Å². The van der Waals surface area contributed by atoms with Crippen LogP contribution in [0.5, 0.6) is 0 Å². The molecule has 0 fully saturated rings. The van der Waals surface area contributed by atoms with Crippen molar-refractivity contribution in [2.75, 3.05) is 0 Å². The molecule has 4 aromatic carbocycles. The van der Waals surface area contributed by atoms with Crippen LogP contribution in [0.15, 0.2) is 133 Å². The SMILES string of the molecule is Clc1ccc2c(n1)Cc1ccccc1-2.OB(O)c1ccccc1.c1ccc(-c2ccc3c(n2)Cc2ccccc2-3)cc1. The summed E-state index contributed by atoms with van der Waals surface area (Å²) in [7, 11) is -1.34. The molecule has 42 heavy (non-hydrogen) atoms. The van der Waals surface area contributed by atoms with E-state index in [1.165, 1.54) is 44.6 Å². The molecule has 0 radical (unpaired) electrons. The van der Waals surface area contributed by atoms with E-state index < -0.39 is 7.12 Å². The second-order valence-electron chi connectivity index (χ2n) is 10.1. The number of benzene rings is 4. The average Bonchev–Trinajstić information content (AvgIpc) is 3.60. The van der Waals surface area contributed by atoms with Crippen molar-refractivity contribution in [3.63, 3.8) is 0 Å². The largest absolute Gasteiger partial charge is 0.488 e. The summed E-state index contributed by atoms with van der Waals surface area (Å²) in [6, 6.07) is 44.2. The quantitative estimate of drug-likeness (QED) is 0.175. The zero-order valence-electron chi connectivity index (χ0n) is 22.9. The maximum Gasteiger partial charge on any atom is 0.488 e. The van der Waals surface area contributed by atoms with Crippen LogP contribution >= 0.6 is 11.6 Å². The van der Waals surface area contributed by atoms with Gasteiger partial charge in [0.25, 0.3) is 0 Å². The molecule has 0 saturated heterocycles. The Morgan fingerprint density at radius 1 is 0.500 bits per heavy atom. The normalized spacial score (nSPS) is 11.5. The Kier molecular flexibility index (Phi) is 8.24. The van der Waals surface area contributed by atoms with E-state index in [4.69, 9.17) is 26.6 Å². The standard InChI is InChI=1S/C18H13N.C12H8ClN.C6H7BO2/c1-2-6-13(7-3-1)17-11-10-16-15-9-5-4-8-14(15)12-18(16)19-17;13-12-6-5-10-9-4-2-1-3-8(9)7-11(10)14-12;8-7(9)6-4-2-1-3-5-6/h1-11H,12H2;1-6H,7H2;1-5,8-9H. The summed E-state index contributed by atoms with van der Waals surface area (Å²) in [6.45, 7) is 0. The first-order valence-electron chi connectivity index (χ1n) is 13.9. The molecule has 0 aliphatic heterocycles. The Morgan fingerprint density at radius 3 is 1.57 bits per heavy atom. The molecule has 6 aromatic rings. The summed E-state index contributed by atoms with van der Waals surface area (Å²) in [5.41, 5.74) is 12.9. The topological polar surface area (TPSA) is 66.2 Å². The first-order chi connectivity index (χ1) is 20.6. The predicted octanol–water partition coefficient (Wildman–Crippen LogP) is 6.99. The third kappa shape index (κ3) is 6.04. The maximum absolute atomic E-state index is 8.58. The number of hydrogen-bond donors (Lipinski definition) is 2. The molecule has 4 nitrogen and oxygen atoms in total. The Hall–Kier alpha value is -4.55. The van der Waals surface area contributed by atoms with E-state index in [0.29, 0.717) is 10.6 Å². The Labute approximate surface area is 251 Å². The van der Waals surface area contributed by atoms with E-state index in [1.54, 1.807) is 24.3 Å². The van der Waals surface area contributed by atoms with Crippen molar-refractivity contribution in [3.8, 4) is 33.5 Å². The van der Waals surface area contributed by atoms with Gasteiger partial charge in [-0.2, -0.15) is 0 Å². The third-order valence-electron chi connectivity index (χ3n) is 7.41. The average molecular weight is 567 g/mol. The van der Waals surface area contributed by atoms with Gasteiger partial charge in [-0.15, -0.1) is 0 Å². The third-order valence-corrected chi connectivity index (χ3v) is 7.62.